The minimum Gasteiger partial charge on any atom is -0.384 e. The van der Waals surface area contributed by atoms with E-state index in [1.807, 2.05) is 6.07 Å². The highest BCUT2D eigenvalue weighted by molar-refractivity contribution is 8.08. The maximum atomic E-state index is 14.5. The molecule has 0 saturated heterocycles. The van der Waals surface area contributed by atoms with Gasteiger partial charge >= 0.3 is 0 Å². The van der Waals surface area contributed by atoms with E-state index in [-0.39, 0.29) is 5.25 Å². The van der Waals surface area contributed by atoms with Gasteiger partial charge in [-0.1, -0.05) is 30.3 Å². The molecule has 1 aliphatic rings. The predicted molar refractivity (Wildman–Crippen MR) is 117 cm³/mol. The van der Waals surface area contributed by atoms with E-state index in [0.29, 0.717) is 22.0 Å². The minimum atomic E-state index is -2.03. The zero-order valence-electron chi connectivity index (χ0n) is 16.4. The van der Waals surface area contributed by atoms with E-state index in [9.17, 15) is 18.3 Å². The van der Waals surface area contributed by atoms with Crippen LogP contribution in [0.25, 0.3) is 10.6 Å². The fourth-order valence-electron chi connectivity index (χ4n) is 3.32. The van der Waals surface area contributed by atoms with Crippen molar-refractivity contribution < 1.29 is 18.3 Å². The van der Waals surface area contributed by atoms with Crippen molar-refractivity contribution >= 4 is 27.7 Å². The molecule has 3 aromatic rings. The summed E-state index contributed by atoms with van der Waals surface area (Å²) in [5.74, 6) is -0.401. The number of nitrogens with zero attached hydrogens (tertiary/aromatic N) is 2. The lowest BCUT2D eigenvalue weighted by Crippen LogP contribution is -2.16. The Morgan fingerprint density at radius 1 is 1.20 bits per heavy atom. The molecule has 2 atom stereocenters. The summed E-state index contributed by atoms with van der Waals surface area (Å²) in [6.07, 6.45) is 2.78. The highest BCUT2D eigenvalue weighted by atomic mass is 32.2. The molecule has 30 heavy (non-hydrogen) atoms. The predicted octanol–water partition coefficient (Wildman–Crippen LogP) is 5.04. The largest absolute Gasteiger partial charge is 0.384 e. The number of rotatable bonds is 5. The van der Waals surface area contributed by atoms with Crippen LogP contribution in [0.4, 0.5) is 4.39 Å². The molecule has 4 rings (SSSR count). The molecule has 8 heteroatoms. The number of benzene rings is 2. The first-order chi connectivity index (χ1) is 14.2. The molecular formula is C22H21FN2O3S2. The minimum absolute atomic E-state index is 0.0676. The maximum absolute atomic E-state index is 14.5. The van der Waals surface area contributed by atoms with Gasteiger partial charge in [0, 0.05) is 10.2 Å². The number of allylic oxidation sites excluding steroid dienone is 1. The van der Waals surface area contributed by atoms with E-state index < -0.39 is 22.5 Å². The second-order valence-electron chi connectivity index (χ2n) is 7.57. The van der Waals surface area contributed by atoms with Crippen LogP contribution in [-0.4, -0.2) is 23.6 Å². The van der Waals surface area contributed by atoms with Gasteiger partial charge in [0.15, 0.2) is 11.1 Å². The average Bonchev–Trinajstić information content (AvgIpc) is 3.35. The van der Waals surface area contributed by atoms with Gasteiger partial charge in [0.1, 0.15) is 17.1 Å². The number of para-hydroxylation sites is 1. The van der Waals surface area contributed by atoms with Gasteiger partial charge in [0.05, 0.1) is 16.3 Å². The number of halogens is 1. The van der Waals surface area contributed by atoms with Crippen molar-refractivity contribution in [2.45, 2.75) is 36.0 Å². The van der Waals surface area contributed by atoms with Crippen LogP contribution in [0.3, 0.4) is 0 Å². The van der Waals surface area contributed by atoms with Gasteiger partial charge < -0.3 is 9.66 Å². The van der Waals surface area contributed by atoms with Crippen LogP contribution in [0.2, 0.25) is 0 Å². The summed E-state index contributed by atoms with van der Waals surface area (Å²) in [6, 6.07) is 15.2. The Hall–Kier alpha value is -2.26. The molecule has 2 heterocycles. The lowest BCUT2D eigenvalue weighted by Gasteiger charge is -2.13. The summed E-state index contributed by atoms with van der Waals surface area (Å²) in [7, 11) is 0. The SMILES string of the molecule is CC(C)(O)c1cc(C2=CCC(c3cccc(S(=O)O)c3)S2)n(-c2ccccc2F)n1. The van der Waals surface area contributed by atoms with E-state index in [1.165, 1.54) is 10.7 Å². The average molecular weight is 445 g/mol. The molecule has 1 aliphatic heterocycles. The third-order valence-corrected chi connectivity index (χ3v) is 6.92. The summed E-state index contributed by atoms with van der Waals surface area (Å²) in [5.41, 5.74) is 1.24. The second-order valence-corrected chi connectivity index (χ2v) is 9.78. The van der Waals surface area contributed by atoms with Crippen LogP contribution in [0.5, 0.6) is 0 Å². The number of aromatic nitrogens is 2. The van der Waals surface area contributed by atoms with E-state index >= 15 is 0 Å². The Morgan fingerprint density at radius 2 is 1.97 bits per heavy atom. The van der Waals surface area contributed by atoms with Crippen molar-refractivity contribution in [3.8, 4) is 5.69 Å². The summed E-state index contributed by atoms with van der Waals surface area (Å²) in [4.78, 5) is 1.28. The lowest BCUT2D eigenvalue weighted by molar-refractivity contribution is 0.0734. The molecule has 156 valence electrons. The van der Waals surface area contributed by atoms with Gasteiger partial charge in [0.2, 0.25) is 0 Å². The topological polar surface area (TPSA) is 75.3 Å². The van der Waals surface area contributed by atoms with Crippen molar-refractivity contribution in [3.63, 3.8) is 0 Å². The third kappa shape index (κ3) is 4.13. The summed E-state index contributed by atoms with van der Waals surface area (Å²) in [6.45, 7) is 3.29. The van der Waals surface area contributed by atoms with E-state index in [2.05, 4.69) is 11.2 Å². The van der Waals surface area contributed by atoms with E-state index in [1.54, 1.807) is 68.1 Å². The molecule has 1 aromatic heterocycles. The summed E-state index contributed by atoms with van der Waals surface area (Å²) >= 11 is -0.440. The quantitative estimate of drug-likeness (QED) is 0.540. The van der Waals surface area contributed by atoms with Crippen LogP contribution in [0.15, 0.2) is 65.6 Å². The zero-order chi connectivity index (χ0) is 21.5. The number of thioether (sulfide) groups is 1. The van der Waals surface area contributed by atoms with Gasteiger partial charge in [0.25, 0.3) is 0 Å². The molecule has 2 unspecified atom stereocenters. The first kappa shape index (κ1) is 21.0. The fraction of sp³-hybridized carbons (Fsp3) is 0.227. The van der Waals surface area contributed by atoms with Crippen molar-refractivity contribution in [2.75, 3.05) is 0 Å². The Morgan fingerprint density at radius 3 is 2.67 bits per heavy atom. The smallest absolute Gasteiger partial charge is 0.186 e. The Bertz CT molecular complexity index is 1150. The molecule has 0 bridgehead atoms. The Labute approximate surface area is 180 Å². The zero-order valence-corrected chi connectivity index (χ0v) is 18.1. The Balaban J connectivity index is 1.71. The summed E-state index contributed by atoms with van der Waals surface area (Å²) in [5, 5.41) is 15.0. The molecule has 0 amide bonds. The monoisotopic (exact) mass is 444 g/mol. The number of hydrogen-bond acceptors (Lipinski definition) is 4. The molecule has 0 aliphatic carbocycles. The van der Waals surface area contributed by atoms with Crippen LogP contribution in [0, 0.1) is 5.82 Å². The molecule has 0 spiro atoms. The van der Waals surface area contributed by atoms with Crippen LogP contribution < -0.4 is 0 Å². The normalized spacial score (nSPS) is 17.8. The van der Waals surface area contributed by atoms with E-state index in [0.717, 1.165) is 16.9 Å². The Kier molecular flexibility index (Phi) is 5.67. The molecular weight excluding hydrogens is 423 g/mol. The van der Waals surface area contributed by atoms with Gasteiger partial charge in [-0.15, -0.1) is 11.8 Å². The van der Waals surface area contributed by atoms with Crippen LogP contribution in [0.1, 0.15) is 42.5 Å². The van der Waals surface area contributed by atoms with Crippen molar-refractivity contribution in [2.24, 2.45) is 0 Å². The maximum Gasteiger partial charge on any atom is 0.186 e. The molecule has 0 fully saturated rings. The highest BCUT2D eigenvalue weighted by Crippen LogP contribution is 2.49. The van der Waals surface area contributed by atoms with Gasteiger partial charge in [-0.2, -0.15) is 5.10 Å². The molecule has 5 nitrogen and oxygen atoms in total. The molecule has 2 aromatic carbocycles. The summed E-state index contributed by atoms with van der Waals surface area (Å²) < 4.78 is 36.8. The number of aliphatic hydroxyl groups is 1. The number of hydrogen-bond donors (Lipinski definition) is 2. The van der Waals surface area contributed by atoms with E-state index in [4.69, 9.17) is 0 Å². The molecule has 0 radical (unpaired) electrons. The standard InChI is InChI=1S/C22H21FN2O3S2/c1-22(2,26)21-13-18(25(24-21)17-9-4-3-8-16(17)23)20-11-10-19(29-20)14-6-5-7-15(12-14)30(27)28/h3-9,11-13,19,26H,10H2,1-2H3,(H,27,28). The fourth-order valence-corrected chi connectivity index (χ4v) is 4.99. The molecule has 2 N–H and O–H groups in total. The van der Waals surface area contributed by atoms with Gasteiger partial charge in [-0.05, 0) is 56.2 Å². The lowest BCUT2D eigenvalue weighted by atomic mass is 10.1. The van der Waals surface area contributed by atoms with Crippen molar-refractivity contribution in [1.82, 2.24) is 9.78 Å². The highest BCUT2D eigenvalue weighted by Gasteiger charge is 2.28. The second kappa shape index (κ2) is 8.11. The molecule has 0 saturated carbocycles. The first-order valence-electron chi connectivity index (χ1n) is 9.40. The van der Waals surface area contributed by atoms with Crippen LogP contribution in [-0.2, 0) is 16.7 Å². The third-order valence-electron chi connectivity index (χ3n) is 4.89. The van der Waals surface area contributed by atoms with Crippen molar-refractivity contribution in [1.29, 1.82) is 0 Å². The van der Waals surface area contributed by atoms with Crippen molar-refractivity contribution in [3.05, 3.63) is 83.4 Å². The van der Waals surface area contributed by atoms with Crippen LogP contribution >= 0.6 is 11.8 Å². The first-order valence-corrected chi connectivity index (χ1v) is 11.4. The van der Waals surface area contributed by atoms with Gasteiger partial charge in [-0.25, -0.2) is 13.3 Å². The van der Waals surface area contributed by atoms with Gasteiger partial charge in [-0.3, -0.25) is 0 Å².